The largest absolute Gasteiger partial charge is 0.343 e. The minimum absolute atomic E-state index is 0.0202. The summed E-state index contributed by atoms with van der Waals surface area (Å²) >= 11 is 2.86. The zero-order chi connectivity index (χ0) is 14.1. The highest BCUT2D eigenvalue weighted by Crippen LogP contribution is 2.22. The maximum atomic E-state index is 12.3. The minimum Gasteiger partial charge on any atom is -0.343 e. The van der Waals surface area contributed by atoms with Crippen LogP contribution in [-0.2, 0) is 0 Å². The van der Waals surface area contributed by atoms with Gasteiger partial charge in [-0.15, -0.1) is 11.3 Å². The number of carbonyl (C=O) groups is 1. The number of nitrogens with zero attached hydrogens (tertiary/aromatic N) is 5. The van der Waals surface area contributed by atoms with E-state index in [4.69, 9.17) is 0 Å². The fourth-order valence-electron chi connectivity index (χ4n) is 2.31. The molecule has 0 unspecified atom stereocenters. The molecule has 8 heteroatoms. The average molecular weight is 309 g/mol. The fraction of sp³-hybridized carbons (Fsp3) is 0.500. The van der Waals surface area contributed by atoms with Crippen molar-refractivity contribution in [2.24, 2.45) is 0 Å². The first-order valence-corrected chi connectivity index (χ1v) is 8.11. The molecule has 0 saturated carbocycles. The van der Waals surface area contributed by atoms with Crippen LogP contribution in [0, 0.1) is 6.92 Å². The van der Waals surface area contributed by atoms with Crippen molar-refractivity contribution in [2.75, 3.05) is 24.5 Å². The van der Waals surface area contributed by atoms with Crippen molar-refractivity contribution in [1.82, 2.24) is 19.2 Å². The van der Waals surface area contributed by atoms with Gasteiger partial charge in [0.15, 0.2) is 0 Å². The summed E-state index contributed by atoms with van der Waals surface area (Å²) in [7, 11) is 0. The van der Waals surface area contributed by atoms with Gasteiger partial charge in [-0.1, -0.05) is 0 Å². The number of anilines is 1. The molecule has 2 aromatic heterocycles. The Bertz CT molecular complexity index is 597. The van der Waals surface area contributed by atoms with Crippen LogP contribution in [0.4, 0.5) is 5.13 Å². The molecule has 0 radical (unpaired) electrons. The van der Waals surface area contributed by atoms with Crippen molar-refractivity contribution in [1.29, 1.82) is 0 Å². The molecule has 106 valence electrons. The van der Waals surface area contributed by atoms with Gasteiger partial charge in [-0.25, -0.2) is 9.97 Å². The summed E-state index contributed by atoms with van der Waals surface area (Å²) in [6.07, 6.45) is 0. The predicted octanol–water partition coefficient (Wildman–Crippen LogP) is 1.65. The number of rotatable bonds is 2. The van der Waals surface area contributed by atoms with Gasteiger partial charge in [0.2, 0.25) is 5.13 Å². The van der Waals surface area contributed by atoms with Crippen LogP contribution < -0.4 is 4.90 Å². The maximum Gasteiger partial charge on any atom is 0.273 e. The second kappa shape index (κ2) is 5.45. The highest BCUT2D eigenvalue weighted by molar-refractivity contribution is 7.09. The van der Waals surface area contributed by atoms with Crippen molar-refractivity contribution < 1.29 is 4.79 Å². The molecule has 1 amide bonds. The lowest BCUT2D eigenvalue weighted by Gasteiger charge is -2.39. The number of hydrogen-bond donors (Lipinski definition) is 0. The molecule has 2 aromatic rings. The lowest BCUT2D eigenvalue weighted by Crippen LogP contribution is -2.54. The molecule has 3 rings (SSSR count). The van der Waals surface area contributed by atoms with Gasteiger partial charge < -0.3 is 9.80 Å². The topological polar surface area (TPSA) is 62.2 Å². The smallest absolute Gasteiger partial charge is 0.273 e. The number of thiazole rings is 1. The summed E-state index contributed by atoms with van der Waals surface area (Å²) in [5, 5.41) is 2.74. The van der Waals surface area contributed by atoms with Crippen molar-refractivity contribution in [2.45, 2.75) is 19.9 Å². The number of carbonyl (C=O) groups excluding carboxylic acids is 1. The lowest BCUT2D eigenvalue weighted by atomic mass is 10.2. The number of aryl methyl sites for hydroxylation is 1. The zero-order valence-corrected chi connectivity index (χ0v) is 12.9. The summed E-state index contributed by atoms with van der Waals surface area (Å²) in [6, 6.07) is 0.141. The predicted molar refractivity (Wildman–Crippen MR) is 79.5 cm³/mol. The molecule has 0 aromatic carbocycles. The third-order valence-electron chi connectivity index (χ3n) is 3.33. The molecule has 1 aliphatic heterocycles. The van der Waals surface area contributed by atoms with Crippen molar-refractivity contribution in [3.8, 4) is 0 Å². The monoisotopic (exact) mass is 309 g/mol. The van der Waals surface area contributed by atoms with Crippen LogP contribution in [0.1, 0.15) is 23.2 Å². The Labute approximate surface area is 125 Å². The molecule has 0 spiro atoms. The molecule has 20 heavy (non-hydrogen) atoms. The summed E-state index contributed by atoms with van der Waals surface area (Å²) in [4.78, 5) is 24.9. The molecule has 6 nitrogen and oxygen atoms in total. The maximum absolute atomic E-state index is 12.3. The Kier molecular flexibility index (Phi) is 3.66. The second-order valence-electron chi connectivity index (χ2n) is 4.79. The van der Waals surface area contributed by atoms with E-state index in [9.17, 15) is 4.79 Å². The molecule has 1 atom stereocenters. The second-order valence-corrected chi connectivity index (χ2v) is 6.24. The highest BCUT2D eigenvalue weighted by Gasteiger charge is 2.30. The van der Waals surface area contributed by atoms with Crippen molar-refractivity contribution in [3.05, 3.63) is 22.4 Å². The summed E-state index contributed by atoms with van der Waals surface area (Å²) < 4.78 is 4.21. The van der Waals surface area contributed by atoms with Gasteiger partial charge in [0, 0.05) is 42.6 Å². The Balaban J connectivity index is 1.69. The van der Waals surface area contributed by atoms with Crippen LogP contribution in [0.3, 0.4) is 0 Å². The zero-order valence-electron chi connectivity index (χ0n) is 11.3. The summed E-state index contributed by atoms with van der Waals surface area (Å²) in [5.74, 6) is 0.825. The Morgan fingerprint density at radius 1 is 1.45 bits per heavy atom. The van der Waals surface area contributed by atoms with Crippen molar-refractivity contribution >= 4 is 33.9 Å². The Morgan fingerprint density at radius 2 is 2.30 bits per heavy atom. The van der Waals surface area contributed by atoms with E-state index in [2.05, 4.69) is 26.2 Å². The number of piperazine rings is 1. The van der Waals surface area contributed by atoms with Gasteiger partial charge >= 0.3 is 0 Å². The molecule has 1 aliphatic rings. The average Bonchev–Trinajstić information content (AvgIpc) is 3.09. The van der Waals surface area contributed by atoms with Gasteiger partial charge in [0.25, 0.3) is 5.91 Å². The third kappa shape index (κ3) is 2.53. The first-order valence-electron chi connectivity index (χ1n) is 6.39. The van der Waals surface area contributed by atoms with Crippen LogP contribution in [0.15, 0.2) is 10.9 Å². The van der Waals surface area contributed by atoms with Gasteiger partial charge in [-0.05, 0) is 13.8 Å². The van der Waals surface area contributed by atoms with E-state index in [-0.39, 0.29) is 11.9 Å². The van der Waals surface area contributed by atoms with Crippen LogP contribution in [-0.4, -0.2) is 50.8 Å². The fourth-order valence-corrected chi connectivity index (χ4v) is 3.55. The van der Waals surface area contributed by atoms with E-state index in [1.807, 2.05) is 11.8 Å². The quantitative estimate of drug-likeness (QED) is 0.844. The standard InChI is InChI=1S/C12H15N5OS2/c1-8-5-16(12-14-9(2)15-20-12)3-4-17(8)11(18)10-6-19-7-13-10/h6-8H,3-5H2,1-2H3/t8-/m0/s1. The third-order valence-corrected chi connectivity index (χ3v) is 4.78. The van der Waals surface area contributed by atoms with Crippen LogP contribution >= 0.6 is 22.9 Å². The first kappa shape index (κ1) is 13.4. The SMILES string of the molecule is Cc1nsc(N2CCN(C(=O)c3cscn3)[C@@H](C)C2)n1. The van der Waals surface area contributed by atoms with E-state index in [1.165, 1.54) is 22.9 Å². The molecular weight excluding hydrogens is 294 g/mol. The van der Waals surface area contributed by atoms with Crippen molar-refractivity contribution in [3.63, 3.8) is 0 Å². The van der Waals surface area contributed by atoms with E-state index in [0.29, 0.717) is 12.2 Å². The Morgan fingerprint density at radius 3 is 2.90 bits per heavy atom. The highest BCUT2D eigenvalue weighted by atomic mass is 32.1. The Hall–Kier alpha value is -1.54. The molecule has 1 fully saturated rings. The van der Waals surface area contributed by atoms with Crippen LogP contribution in [0.2, 0.25) is 0 Å². The summed E-state index contributed by atoms with van der Waals surface area (Å²) in [5.41, 5.74) is 2.24. The van der Waals surface area contributed by atoms with Gasteiger partial charge in [-0.3, -0.25) is 4.79 Å². The first-order chi connectivity index (χ1) is 9.65. The molecule has 1 saturated heterocycles. The number of aromatic nitrogens is 3. The molecule has 0 aliphatic carbocycles. The summed E-state index contributed by atoms with van der Waals surface area (Å²) in [6.45, 7) is 6.21. The van der Waals surface area contributed by atoms with Gasteiger partial charge in [0.1, 0.15) is 11.5 Å². The number of hydrogen-bond acceptors (Lipinski definition) is 7. The van der Waals surface area contributed by atoms with Crippen LogP contribution in [0.5, 0.6) is 0 Å². The number of amides is 1. The molecular formula is C12H15N5OS2. The minimum atomic E-state index is 0.0202. The van der Waals surface area contributed by atoms with Crippen LogP contribution in [0.25, 0.3) is 0 Å². The van der Waals surface area contributed by atoms with E-state index < -0.39 is 0 Å². The molecule has 0 bridgehead atoms. The van der Waals surface area contributed by atoms with E-state index in [0.717, 1.165) is 24.0 Å². The van der Waals surface area contributed by atoms with E-state index in [1.54, 1.807) is 10.9 Å². The van der Waals surface area contributed by atoms with E-state index >= 15 is 0 Å². The lowest BCUT2D eigenvalue weighted by molar-refractivity contribution is 0.0669. The van der Waals surface area contributed by atoms with Gasteiger partial charge in [0.05, 0.1) is 5.51 Å². The van der Waals surface area contributed by atoms with Gasteiger partial charge in [-0.2, -0.15) is 4.37 Å². The molecule has 3 heterocycles. The molecule has 0 N–H and O–H groups in total. The normalized spacial score (nSPS) is 19.4.